The zero-order chi connectivity index (χ0) is 10.8. The molecule has 2 atom stereocenters. The highest BCUT2D eigenvalue weighted by atomic mass is 127. The van der Waals surface area contributed by atoms with Crippen molar-refractivity contribution in [1.82, 2.24) is 5.32 Å². The van der Waals surface area contributed by atoms with E-state index in [1.165, 1.54) is 6.42 Å². The maximum atomic E-state index is 11.4. The molecule has 0 saturated heterocycles. The summed E-state index contributed by atoms with van der Waals surface area (Å²) in [5, 5.41) is 2.90. The summed E-state index contributed by atoms with van der Waals surface area (Å²) in [5.74, 6) is 0. The second kappa shape index (κ2) is 4.68. The van der Waals surface area contributed by atoms with Gasteiger partial charge in [0.05, 0.1) is 0 Å². The van der Waals surface area contributed by atoms with E-state index in [-0.39, 0.29) is 6.09 Å². The Labute approximate surface area is 99.1 Å². The summed E-state index contributed by atoms with van der Waals surface area (Å²) in [4.78, 5) is 11.4. The fraction of sp³-hybridized carbons (Fsp3) is 0.900. The van der Waals surface area contributed by atoms with Crippen LogP contribution in [-0.4, -0.2) is 21.7 Å². The third-order valence-electron chi connectivity index (χ3n) is 2.09. The van der Waals surface area contributed by atoms with E-state index >= 15 is 0 Å². The molecule has 1 amide bonds. The number of hydrogen-bond donors (Lipinski definition) is 1. The monoisotopic (exact) mass is 311 g/mol. The summed E-state index contributed by atoms with van der Waals surface area (Å²) < 4.78 is 5.88. The van der Waals surface area contributed by atoms with E-state index in [1.807, 2.05) is 20.8 Å². The van der Waals surface area contributed by atoms with Gasteiger partial charge < -0.3 is 10.1 Å². The van der Waals surface area contributed by atoms with Crippen LogP contribution in [0.15, 0.2) is 0 Å². The smallest absolute Gasteiger partial charge is 0.407 e. The van der Waals surface area contributed by atoms with E-state index in [1.54, 1.807) is 0 Å². The Morgan fingerprint density at radius 2 is 2.07 bits per heavy atom. The third kappa shape index (κ3) is 4.48. The van der Waals surface area contributed by atoms with Crippen LogP contribution in [0.5, 0.6) is 0 Å². The highest BCUT2D eigenvalue weighted by Gasteiger charge is 2.25. The second-order valence-electron chi connectivity index (χ2n) is 4.75. The molecule has 1 N–H and O–H groups in total. The van der Waals surface area contributed by atoms with Gasteiger partial charge in [0.15, 0.2) is 0 Å². The van der Waals surface area contributed by atoms with E-state index < -0.39 is 5.60 Å². The van der Waals surface area contributed by atoms with Crippen LogP contribution in [0.1, 0.15) is 40.0 Å². The van der Waals surface area contributed by atoms with Crippen molar-refractivity contribution in [1.29, 1.82) is 0 Å². The lowest BCUT2D eigenvalue weighted by molar-refractivity contribution is 0.0506. The van der Waals surface area contributed by atoms with Crippen molar-refractivity contribution in [3.05, 3.63) is 0 Å². The van der Waals surface area contributed by atoms with E-state index in [0.29, 0.717) is 9.97 Å². The number of carbonyl (C=O) groups excluding carboxylic acids is 1. The molecule has 0 heterocycles. The summed E-state index contributed by atoms with van der Waals surface area (Å²) in [6, 6.07) is 0.312. The van der Waals surface area contributed by atoms with Gasteiger partial charge in [-0.3, -0.25) is 0 Å². The van der Waals surface area contributed by atoms with Crippen LogP contribution < -0.4 is 5.32 Å². The van der Waals surface area contributed by atoms with E-state index in [9.17, 15) is 4.79 Å². The number of ether oxygens (including phenoxy) is 1. The van der Waals surface area contributed by atoms with Gasteiger partial charge >= 0.3 is 6.09 Å². The zero-order valence-corrected chi connectivity index (χ0v) is 11.1. The highest BCUT2D eigenvalue weighted by molar-refractivity contribution is 14.1. The predicted molar refractivity (Wildman–Crippen MR) is 64.8 cm³/mol. The van der Waals surface area contributed by atoms with E-state index in [0.717, 1.165) is 12.8 Å². The Balaban J connectivity index is 2.27. The van der Waals surface area contributed by atoms with Crippen molar-refractivity contribution < 1.29 is 9.53 Å². The van der Waals surface area contributed by atoms with Gasteiger partial charge in [-0.25, -0.2) is 4.79 Å². The van der Waals surface area contributed by atoms with Crippen LogP contribution >= 0.6 is 22.6 Å². The van der Waals surface area contributed by atoms with Crippen molar-refractivity contribution in [2.24, 2.45) is 0 Å². The Bertz CT molecular complexity index is 213. The maximum absolute atomic E-state index is 11.4. The molecule has 0 spiro atoms. The molecule has 1 aliphatic carbocycles. The summed E-state index contributed by atoms with van der Waals surface area (Å²) >= 11 is 2.43. The maximum Gasteiger partial charge on any atom is 0.407 e. The molecule has 1 aliphatic rings. The summed E-state index contributed by atoms with van der Waals surface area (Å²) in [7, 11) is 0. The first-order valence-corrected chi connectivity index (χ1v) is 6.25. The molecule has 3 nitrogen and oxygen atoms in total. The molecule has 0 radical (unpaired) electrons. The van der Waals surface area contributed by atoms with Gasteiger partial charge in [0, 0.05) is 9.97 Å². The largest absolute Gasteiger partial charge is 0.444 e. The van der Waals surface area contributed by atoms with Crippen LogP contribution in [0.3, 0.4) is 0 Å². The van der Waals surface area contributed by atoms with Crippen molar-refractivity contribution >= 4 is 28.7 Å². The van der Waals surface area contributed by atoms with Gasteiger partial charge in [-0.15, -0.1) is 0 Å². The number of alkyl carbamates (subject to hydrolysis) is 1. The molecule has 0 aromatic carbocycles. The van der Waals surface area contributed by atoms with Crippen molar-refractivity contribution in [3.63, 3.8) is 0 Å². The van der Waals surface area contributed by atoms with Crippen molar-refractivity contribution in [2.75, 3.05) is 0 Å². The zero-order valence-electron chi connectivity index (χ0n) is 8.97. The minimum absolute atomic E-state index is 0.284. The molecule has 0 aliphatic heterocycles. The fourth-order valence-corrected chi connectivity index (χ4v) is 2.51. The number of nitrogens with one attached hydrogen (secondary N) is 1. The Hall–Kier alpha value is 0. The van der Waals surface area contributed by atoms with Crippen LogP contribution in [-0.2, 0) is 4.74 Å². The number of amides is 1. The molecule has 0 aromatic rings. The average molecular weight is 311 g/mol. The molecule has 0 unspecified atom stereocenters. The van der Waals surface area contributed by atoms with Crippen molar-refractivity contribution in [2.45, 2.75) is 55.6 Å². The molecular formula is C10H18INO2. The predicted octanol–water partition coefficient (Wildman–Crippen LogP) is 2.87. The number of hydrogen-bond acceptors (Lipinski definition) is 2. The molecule has 1 saturated carbocycles. The SMILES string of the molecule is CC(C)(C)OC(=O)N[C@@H]1CC[C@@H](I)C1. The molecule has 1 rings (SSSR count). The van der Waals surface area contributed by atoms with Gasteiger partial charge in [0.1, 0.15) is 5.60 Å². The van der Waals surface area contributed by atoms with E-state index in [4.69, 9.17) is 4.74 Å². The quantitative estimate of drug-likeness (QED) is 0.597. The lowest BCUT2D eigenvalue weighted by atomic mass is 10.2. The number of halogens is 1. The van der Waals surface area contributed by atoms with Gasteiger partial charge in [-0.05, 0) is 40.0 Å². The van der Waals surface area contributed by atoms with Gasteiger partial charge in [0.25, 0.3) is 0 Å². The Morgan fingerprint density at radius 1 is 1.43 bits per heavy atom. The first-order chi connectivity index (χ1) is 6.37. The topological polar surface area (TPSA) is 38.3 Å². The standard InChI is InChI=1S/C10H18INO2/c1-10(2,3)14-9(13)12-8-5-4-7(11)6-8/h7-8H,4-6H2,1-3H3,(H,12,13)/t7-,8-/m1/s1. The van der Waals surface area contributed by atoms with Crippen LogP contribution in [0, 0.1) is 0 Å². The van der Waals surface area contributed by atoms with Gasteiger partial charge in [0.2, 0.25) is 0 Å². The van der Waals surface area contributed by atoms with Crippen LogP contribution in [0.2, 0.25) is 0 Å². The number of alkyl halides is 1. The van der Waals surface area contributed by atoms with Gasteiger partial charge in [-0.1, -0.05) is 22.6 Å². The third-order valence-corrected chi connectivity index (χ3v) is 3.22. The fourth-order valence-electron chi connectivity index (χ4n) is 1.53. The lowest BCUT2D eigenvalue weighted by Crippen LogP contribution is -2.37. The van der Waals surface area contributed by atoms with Crippen LogP contribution in [0.25, 0.3) is 0 Å². The number of carbonyl (C=O) groups is 1. The summed E-state index contributed by atoms with van der Waals surface area (Å²) in [6.07, 6.45) is 3.06. The number of rotatable bonds is 1. The molecule has 82 valence electrons. The lowest BCUT2D eigenvalue weighted by Gasteiger charge is -2.21. The highest BCUT2D eigenvalue weighted by Crippen LogP contribution is 2.25. The summed E-state index contributed by atoms with van der Waals surface area (Å²) in [6.45, 7) is 5.63. The summed E-state index contributed by atoms with van der Waals surface area (Å²) in [5.41, 5.74) is -0.396. The molecule has 0 bridgehead atoms. The second-order valence-corrected chi connectivity index (χ2v) is 6.52. The van der Waals surface area contributed by atoms with Gasteiger partial charge in [-0.2, -0.15) is 0 Å². The first-order valence-electron chi connectivity index (χ1n) is 5.00. The Kier molecular flexibility index (Phi) is 4.04. The first kappa shape index (κ1) is 12.1. The van der Waals surface area contributed by atoms with Crippen molar-refractivity contribution in [3.8, 4) is 0 Å². The van der Waals surface area contributed by atoms with E-state index in [2.05, 4.69) is 27.9 Å². The minimum Gasteiger partial charge on any atom is -0.444 e. The minimum atomic E-state index is -0.396. The Morgan fingerprint density at radius 3 is 2.50 bits per heavy atom. The molecule has 1 fully saturated rings. The molecule has 14 heavy (non-hydrogen) atoms. The van der Waals surface area contributed by atoms with Crippen LogP contribution in [0.4, 0.5) is 4.79 Å². The molecule has 0 aromatic heterocycles. The normalized spacial score (nSPS) is 27.4. The molecular weight excluding hydrogens is 293 g/mol. The average Bonchev–Trinajstić information content (AvgIpc) is 2.30. The molecule has 4 heteroatoms.